The molecule has 1 unspecified atom stereocenters. The van der Waals surface area contributed by atoms with Crippen LogP contribution in [0.25, 0.3) is 17.1 Å². The van der Waals surface area contributed by atoms with Crippen LogP contribution in [0.2, 0.25) is 0 Å². The maximum atomic E-state index is 7.00. The summed E-state index contributed by atoms with van der Waals surface area (Å²) in [6, 6.07) is 7.63. The molecule has 0 aliphatic rings. The number of aliphatic hydroxyl groups is 1. The summed E-state index contributed by atoms with van der Waals surface area (Å²) in [5.41, 5.74) is 3.40. The molecule has 0 saturated carbocycles. The Morgan fingerprint density at radius 1 is 0.973 bits per heavy atom. The van der Waals surface area contributed by atoms with E-state index in [2.05, 4.69) is 36.8 Å². The summed E-state index contributed by atoms with van der Waals surface area (Å²) in [5, 5.41) is 16.1. The van der Waals surface area contributed by atoms with Gasteiger partial charge >= 0.3 is 0 Å². The van der Waals surface area contributed by atoms with Crippen molar-refractivity contribution in [2.45, 2.75) is 25.5 Å². The number of rotatable bonds is 10. The molecule has 0 radical (unpaired) electrons. The first-order valence-electron chi connectivity index (χ1n) is 11.3. The summed E-state index contributed by atoms with van der Waals surface area (Å²) in [5.74, 6) is 2.88. The summed E-state index contributed by atoms with van der Waals surface area (Å²) < 4.78 is 21.7. The van der Waals surface area contributed by atoms with Gasteiger partial charge in [0.15, 0.2) is 5.82 Å². The zero-order valence-electron chi connectivity index (χ0n) is 21.7. The molecule has 2 N–H and O–H groups in total. The molecule has 11 nitrogen and oxygen atoms in total. The number of anilines is 1. The smallest absolute Gasteiger partial charge is 0.239 e. The van der Waals surface area contributed by atoms with Gasteiger partial charge in [-0.05, 0) is 42.6 Å². The zero-order valence-corrected chi connectivity index (χ0v) is 22.5. The van der Waals surface area contributed by atoms with Crippen molar-refractivity contribution in [3.63, 3.8) is 0 Å². The standard InChI is InChI=1S/C24H27N7O3S.CH4O/c1-15-9-17(12-25-11-15)23-28-29-24(31(23)22-19(32-3)7-6-8-20(22)33-4)30-35-16(2)10-18-13-27-21(34-5)14-26-18;1-2/h6-9,11-14,16H,10H2,1-5H3,(H,29,30);2H,1H3. The lowest BCUT2D eigenvalue weighted by molar-refractivity contribution is 0.391. The molecule has 1 atom stereocenters. The fourth-order valence-electron chi connectivity index (χ4n) is 3.52. The van der Waals surface area contributed by atoms with Gasteiger partial charge < -0.3 is 19.3 Å². The maximum absolute atomic E-state index is 7.00. The van der Waals surface area contributed by atoms with Crippen molar-refractivity contribution in [3.8, 4) is 34.5 Å². The second-order valence-corrected chi connectivity index (χ2v) is 8.97. The molecule has 0 fully saturated rings. The molecule has 0 spiro atoms. The lowest BCUT2D eigenvalue weighted by atomic mass is 10.2. The highest BCUT2D eigenvalue weighted by Crippen LogP contribution is 2.38. The summed E-state index contributed by atoms with van der Waals surface area (Å²) in [4.78, 5) is 13.0. The van der Waals surface area contributed by atoms with Crippen LogP contribution in [0, 0.1) is 6.92 Å². The van der Waals surface area contributed by atoms with Crippen LogP contribution < -0.4 is 18.9 Å². The van der Waals surface area contributed by atoms with E-state index in [1.807, 2.05) is 35.8 Å². The van der Waals surface area contributed by atoms with E-state index in [1.165, 1.54) is 11.9 Å². The van der Waals surface area contributed by atoms with Crippen molar-refractivity contribution in [2.75, 3.05) is 33.2 Å². The first-order valence-corrected chi connectivity index (χ1v) is 12.2. The van der Waals surface area contributed by atoms with Crippen LogP contribution >= 0.6 is 11.9 Å². The number of aromatic nitrogens is 6. The number of hydrogen-bond acceptors (Lipinski definition) is 11. The van der Waals surface area contributed by atoms with Crippen molar-refractivity contribution < 1.29 is 19.3 Å². The van der Waals surface area contributed by atoms with Crippen molar-refractivity contribution in [3.05, 3.63) is 60.3 Å². The lowest BCUT2D eigenvalue weighted by Crippen LogP contribution is -2.10. The molecule has 0 saturated heterocycles. The highest BCUT2D eigenvalue weighted by Gasteiger charge is 2.23. The molecule has 0 aliphatic carbocycles. The van der Waals surface area contributed by atoms with Gasteiger partial charge in [0.05, 0.1) is 39.4 Å². The van der Waals surface area contributed by atoms with Crippen LogP contribution in [0.4, 0.5) is 5.95 Å². The van der Waals surface area contributed by atoms with Gasteiger partial charge in [-0.2, -0.15) is 0 Å². The van der Waals surface area contributed by atoms with Crippen LogP contribution in [-0.2, 0) is 6.42 Å². The number of aryl methyl sites for hydroxylation is 1. The van der Waals surface area contributed by atoms with Gasteiger partial charge in [0.25, 0.3) is 0 Å². The van der Waals surface area contributed by atoms with E-state index in [-0.39, 0.29) is 5.25 Å². The van der Waals surface area contributed by atoms with Gasteiger partial charge in [0, 0.05) is 36.7 Å². The molecule has 3 aromatic heterocycles. The van der Waals surface area contributed by atoms with Crippen LogP contribution in [0.15, 0.2) is 49.1 Å². The van der Waals surface area contributed by atoms with Gasteiger partial charge in [0.1, 0.15) is 17.2 Å². The lowest BCUT2D eigenvalue weighted by Gasteiger charge is -2.18. The van der Waals surface area contributed by atoms with Crippen molar-refractivity contribution in [1.29, 1.82) is 0 Å². The largest absolute Gasteiger partial charge is 0.494 e. The number of hydrogen-bond donors (Lipinski definition) is 2. The minimum atomic E-state index is 0.159. The molecular formula is C25H31N7O4S. The SMILES string of the molecule is CO.COc1cnc(CC(C)SNc2nnc(-c3cncc(C)c3)n2-c2c(OC)cccc2OC)cn1. The van der Waals surface area contributed by atoms with Gasteiger partial charge in [-0.25, -0.2) is 4.98 Å². The molecule has 3 heterocycles. The average molecular weight is 526 g/mol. The molecule has 0 aliphatic heterocycles. The summed E-state index contributed by atoms with van der Waals surface area (Å²) >= 11 is 1.51. The topological polar surface area (TPSA) is 129 Å². The number of benzene rings is 1. The number of para-hydroxylation sites is 1. The first kappa shape index (κ1) is 27.7. The van der Waals surface area contributed by atoms with E-state index in [4.69, 9.17) is 19.3 Å². The molecule has 37 heavy (non-hydrogen) atoms. The normalized spacial score (nSPS) is 11.2. The number of pyridine rings is 1. The van der Waals surface area contributed by atoms with Gasteiger partial charge in [-0.3, -0.25) is 19.3 Å². The van der Waals surface area contributed by atoms with E-state index in [1.54, 1.807) is 46.1 Å². The predicted molar refractivity (Wildman–Crippen MR) is 144 cm³/mol. The Labute approximate surface area is 220 Å². The molecule has 12 heteroatoms. The van der Waals surface area contributed by atoms with Crippen LogP contribution in [0.3, 0.4) is 0 Å². The van der Waals surface area contributed by atoms with Crippen molar-refractivity contribution in [1.82, 2.24) is 29.7 Å². The van der Waals surface area contributed by atoms with E-state index in [0.29, 0.717) is 41.3 Å². The highest BCUT2D eigenvalue weighted by atomic mass is 32.2. The molecule has 0 bridgehead atoms. The molecule has 1 aromatic carbocycles. The highest BCUT2D eigenvalue weighted by molar-refractivity contribution is 8.01. The van der Waals surface area contributed by atoms with Crippen LogP contribution in [-0.4, -0.2) is 68.5 Å². The quantitative estimate of drug-likeness (QED) is 0.294. The third-order valence-corrected chi connectivity index (χ3v) is 6.03. The number of methoxy groups -OCH3 is 3. The Morgan fingerprint density at radius 3 is 2.30 bits per heavy atom. The number of aliphatic hydroxyl groups excluding tert-OH is 1. The Morgan fingerprint density at radius 2 is 1.70 bits per heavy atom. The molecule has 0 amide bonds. The zero-order chi connectivity index (χ0) is 26.8. The third-order valence-electron chi connectivity index (χ3n) is 5.16. The Bertz CT molecular complexity index is 1260. The number of ether oxygens (including phenoxy) is 3. The van der Waals surface area contributed by atoms with Gasteiger partial charge in [-0.1, -0.05) is 13.0 Å². The summed E-state index contributed by atoms with van der Waals surface area (Å²) in [7, 11) is 5.81. The molecule has 4 aromatic rings. The van der Waals surface area contributed by atoms with E-state index in [0.717, 1.165) is 23.9 Å². The van der Waals surface area contributed by atoms with Gasteiger partial charge in [0.2, 0.25) is 11.8 Å². The molecule has 196 valence electrons. The van der Waals surface area contributed by atoms with E-state index < -0.39 is 0 Å². The minimum absolute atomic E-state index is 0.159. The van der Waals surface area contributed by atoms with E-state index in [9.17, 15) is 0 Å². The van der Waals surface area contributed by atoms with Gasteiger partial charge in [-0.15, -0.1) is 10.2 Å². The second kappa shape index (κ2) is 13.4. The first-order chi connectivity index (χ1) is 18.0. The monoisotopic (exact) mass is 525 g/mol. The summed E-state index contributed by atoms with van der Waals surface area (Å²) in [6.45, 7) is 4.08. The Balaban J connectivity index is 0.00000186. The van der Waals surface area contributed by atoms with Crippen LogP contribution in [0.5, 0.6) is 17.4 Å². The van der Waals surface area contributed by atoms with Crippen molar-refractivity contribution in [2.24, 2.45) is 0 Å². The second-order valence-electron chi connectivity index (χ2n) is 7.73. The molecular weight excluding hydrogens is 494 g/mol. The molecule has 4 rings (SSSR count). The Kier molecular flexibility index (Phi) is 10.0. The summed E-state index contributed by atoms with van der Waals surface area (Å²) in [6.07, 6.45) is 7.60. The number of nitrogens with zero attached hydrogens (tertiary/aromatic N) is 6. The predicted octanol–water partition coefficient (Wildman–Crippen LogP) is 3.75. The fourth-order valence-corrected chi connectivity index (χ4v) is 4.21. The average Bonchev–Trinajstić information content (AvgIpc) is 3.36. The maximum Gasteiger partial charge on any atom is 0.239 e. The van der Waals surface area contributed by atoms with Crippen LogP contribution in [0.1, 0.15) is 18.2 Å². The Hall–Kier alpha value is -3.90. The van der Waals surface area contributed by atoms with E-state index >= 15 is 0 Å². The fraction of sp³-hybridized carbons (Fsp3) is 0.320. The number of nitrogens with one attached hydrogen (secondary N) is 1. The minimum Gasteiger partial charge on any atom is -0.494 e. The van der Waals surface area contributed by atoms with Crippen molar-refractivity contribution >= 4 is 17.9 Å². The third kappa shape index (κ3) is 6.66.